The minimum Gasteiger partial charge on any atom is -0.139 e. The van der Waals surface area contributed by atoms with Crippen LogP contribution in [0.3, 0.4) is 0 Å². The van der Waals surface area contributed by atoms with Gasteiger partial charge in [0.25, 0.3) is 0 Å². The van der Waals surface area contributed by atoms with Crippen molar-refractivity contribution in [2.45, 2.75) is 34.1 Å². The van der Waals surface area contributed by atoms with Crippen LogP contribution in [0.4, 0.5) is 0 Å². The van der Waals surface area contributed by atoms with Gasteiger partial charge in [-0.3, -0.25) is 0 Å². The summed E-state index contributed by atoms with van der Waals surface area (Å²) < 4.78 is 3.03. The lowest BCUT2D eigenvalue weighted by Crippen LogP contribution is -1.93. The van der Waals surface area contributed by atoms with Crippen molar-refractivity contribution in [3.8, 4) is 0 Å². The maximum Gasteiger partial charge on any atom is 0.0488 e. The summed E-state index contributed by atoms with van der Waals surface area (Å²) in [5, 5.41) is 0. The zero-order valence-corrected chi connectivity index (χ0v) is 10.8. The Kier molecular flexibility index (Phi) is 2.67. The standard InChI is InChI=1S/C12H16S2/c1-7(2)5-10-9(4)14-11-6-8(3)13-12(10)11/h6-7H,5H2,1-4H3. The van der Waals surface area contributed by atoms with Crippen molar-refractivity contribution in [1.29, 1.82) is 0 Å². The summed E-state index contributed by atoms with van der Waals surface area (Å²) in [5.74, 6) is 0.758. The van der Waals surface area contributed by atoms with Gasteiger partial charge in [0.2, 0.25) is 0 Å². The van der Waals surface area contributed by atoms with Crippen molar-refractivity contribution in [3.05, 3.63) is 21.4 Å². The molecule has 2 aromatic heterocycles. The van der Waals surface area contributed by atoms with E-state index < -0.39 is 0 Å². The lowest BCUT2D eigenvalue weighted by Gasteiger charge is -2.03. The van der Waals surface area contributed by atoms with Crippen molar-refractivity contribution < 1.29 is 0 Å². The predicted octanol–water partition coefficient (Wildman–Crippen LogP) is 4.78. The van der Waals surface area contributed by atoms with Gasteiger partial charge in [-0.25, -0.2) is 0 Å². The highest BCUT2D eigenvalue weighted by molar-refractivity contribution is 7.28. The topological polar surface area (TPSA) is 0 Å². The molecule has 0 spiro atoms. The Bertz CT molecular complexity index is 446. The van der Waals surface area contributed by atoms with Crippen LogP contribution in [-0.2, 0) is 6.42 Å². The van der Waals surface area contributed by atoms with E-state index in [1.807, 2.05) is 22.7 Å². The second-order valence-corrected chi connectivity index (χ2v) is 6.80. The van der Waals surface area contributed by atoms with Crippen LogP contribution in [0.5, 0.6) is 0 Å². The first-order valence-electron chi connectivity index (χ1n) is 5.06. The van der Waals surface area contributed by atoms with Gasteiger partial charge in [0, 0.05) is 19.2 Å². The molecule has 0 atom stereocenters. The largest absolute Gasteiger partial charge is 0.139 e. The highest BCUT2D eigenvalue weighted by Gasteiger charge is 2.12. The molecular formula is C12H16S2. The first kappa shape index (κ1) is 10.2. The molecule has 0 aromatic carbocycles. The molecule has 0 aliphatic heterocycles. The Morgan fingerprint density at radius 1 is 1.21 bits per heavy atom. The van der Waals surface area contributed by atoms with E-state index in [2.05, 4.69) is 33.8 Å². The van der Waals surface area contributed by atoms with E-state index in [9.17, 15) is 0 Å². The van der Waals surface area contributed by atoms with E-state index >= 15 is 0 Å². The Morgan fingerprint density at radius 2 is 1.93 bits per heavy atom. The molecular weight excluding hydrogens is 208 g/mol. The Labute approximate surface area is 93.6 Å². The average molecular weight is 224 g/mol. The molecule has 0 unspecified atom stereocenters. The second kappa shape index (κ2) is 3.67. The van der Waals surface area contributed by atoms with Gasteiger partial charge in [-0.2, -0.15) is 0 Å². The van der Waals surface area contributed by atoms with E-state index in [-0.39, 0.29) is 0 Å². The average Bonchev–Trinajstić information content (AvgIpc) is 2.51. The summed E-state index contributed by atoms with van der Waals surface area (Å²) >= 11 is 3.90. The van der Waals surface area contributed by atoms with Crippen molar-refractivity contribution in [1.82, 2.24) is 0 Å². The summed E-state index contributed by atoms with van der Waals surface area (Å²) in [5.41, 5.74) is 1.60. The van der Waals surface area contributed by atoms with Gasteiger partial charge in [0.1, 0.15) is 0 Å². The molecule has 0 saturated heterocycles. The number of hydrogen-bond donors (Lipinski definition) is 0. The number of hydrogen-bond acceptors (Lipinski definition) is 2. The van der Waals surface area contributed by atoms with Gasteiger partial charge >= 0.3 is 0 Å². The molecule has 2 heteroatoms. The van der Waals surface area contributed by atoms with Gasteiger partial charge in [0.15, 0.2) is 0 Å². The zero-order valence-electron chi connectivity index (χ0n) is 9.18. The Morgan fingerprint density at radius 3 is 2.57 bits per heavy atom. The lowest BCUT2D eigenvalue weighted by atomic mass is 10.0. The maximum absolute atomic E-state index is 2.32. The van der Waals surface area contributed by atoms with Crippen molar-refractivity contribution >= 4 is 32.1 Å². The van der Waals surface area contributed by atoms with Crippen LogP contribution in [-0.4, -0.2) is 0 Å². The van der Waals surface area contributed by atoms with Crippen LogP contribution >= 0.6 is 22.7 Å². The highest BCUT2D eigenvalue weighted by Crippen LogP contribution is 2.37. The van der Waals surface area contributed by atoms with Crippen LogP contribution in [0.2, 0.25) is 0 Å². The fourth-order valence-corrected chi connectivity index (χ4v) is 4.31. The molecule has 0 saturated carbocycles. The fourth-order valence-electron chi connectivity index (χ4n) is 1.81. The first-order chi connectivity index (χ1) is 6.58. The van der Waals surface area contributed by atoms with Crippen molar-refractivity contribution in [2.24, 2.45) is 5.92 Å². The van der Waals surface area contributed by atoms with Gasteiger partial charge in [-0.05, 0) is 37.8 Å². The SMILES string of the molecule is Cc1cc2sc(C)c(CC(C)C)c2s1. The number of rotatable bonds is 2. The van der Waals surface area contributed by atoms with E-state index in [0.717, 1.165) is 5.92 Å². The van der Waals surface area contributed by atoms with Gasteiger partial charge in [-0.1, -0.05) is 13.8 Å². The molecule has 2 rings (SSSR count). The van der Waals surface area contributed by atoms with E-state index in [1.165, 1.54) is 20.9 Å². The molecule has 14 heavy (non-hydrogen) atoms. The maximum atomic E-state index is 2.32. The highest BCUT2D eigenvalue weighted by atomic mass is 32.1. The van der Waals surface area contributed by atoms with Crippen molar-refractivity contribution in [2.75, 3.05) is 0 Å². The van der Waals surface area contributed by atoms with Crippen molar-refractivity contribution in [3.63, 3.8) is 0 Å². The molecule has 2 heterocycles. The minimum atomic E-state index is 0.758. The van der Waals surface area contributed by atoms with Gasteiger partial charge in [0.05, 0.1) is 0 Å². The van der Waals surface area contributed by atoms with Gasteiger partial charge < -0.3 is 0 Å². The Balaban J connectivity index is 2.54. The molecule has 0 aliphatic rings. The molecule has 76 valence electrons. The van der Waals surface area contributed by atoms with Crippen LogP contribution in [0.1, 0.15) is 29.2 Å². The summed E-state index contributed by atoms with van der Waals surface area (Å²) in [6, 6.07) is 2.32. The number of fused-ring (bicyclic) bond motifs is 1. The second-order valence-electron chi connectivity index (χ2n) is 4.29. The lowest BCUT2D eigenvalue weighted by molar-refractivity contribution is 0.650. The fraction of sp³-hybridized carbons (Fsp3) is 0.500. The smallest absolute Gasteiger partial charge is 0.0488 e. The summed E-state index contributed by atoms with van der Waals surface area (Å²) in [6.45, 7) is 9.04. The third-order valence-electron chi connectivity index (χ3n) is 2.40. The molecule has 0 radical (unpaired) electrons. The normalized spacial score (nSPS) is 11.8. The van der Waals surface area contributed by atoms with Crippen LogP contribution in [0, 0.1) is 19.8 Å². The summed E-state index contributed by atoms with van der Waals surface area (Å²) in [6.07, 6.45) is 1.23. The summed E-state index contributed by atoms with van der Waals surface area (Å²) in [4.78, 5) is 2.95. The molecule has 2 aromatic rings. The third-order valence-corrected chi connectivity index (χ3v) is 4.73. The molecule has 0 N–H and O–H groups in total. The van der Waals surface area contributed by atoms with Crippen LogP contribution < -0.4 is 0 Å². The van der Waals surface area contributed by atoms with Crippen LogP contribution in [0.25, 0.3) is 9.40 Å². The molecule has 0 nitrogen and oxygen atoms in total. The van der Waals surface area contributed by atoms with Crippen LogP contribution in [0.15, 0.2) is 6.07 Å². The van der Waals surface area contributed by atoms with Gasteiger partial charge in [-0.15, -0.1) is 22.7 Å². The number of aryl methyl sites for hydroxylation is 2. The quantitative estimate of drug-likeness (QED) is 0.689. The first-order valence-corrected chi connectivity index (χ1v) is 6.69. The molecule has 0 amide bonds. The molecule has 0 aliphatic carbocycles. The minimum absolute atomic E-state index is 0.758. The monoisotopic (exact) mass is 224 g/mol. The Hall–Kier alpha value is -0.340. The van der Waals surface area contributed by atoms with E-state index in [1.54, 1.807) is 10.3 Å². The molecule has 0 fully saturated rings. The number of thiophene rings is 2. The predicted molar refractivity (Wildman–Crippen MR) is 67.7 cm³/mol. The summed E-state index contributed by atoms with van der Waals surface area (Å²) in [7, 11) is 0. The zero-order chi connectivity index (χ0) is 10.3. The van der Waals surface area contributed by atoms with E-state index in [0.29, 0.717) is 0 Å². The molecule has 0 bridgehead atoms. The third kappa shape index (κ3) is 1.73. The van der Waals surface area contributed by atoms with E-state index in [4.69, 9.17) is 0 Å².